The van der Waals surface area contributed by atoms with Gasteiger partial charge in [0.1, 0.15) is 17.2 Å². The lowest BCUT2D eigenvalue weighted by Gasteiger charge is -2.17. The minimum atomic E-state index is -0.553. The second-order valence-corrected chi connectivity index (χ2v) is 10.3. The maximum Gasteiger partial charge on any atom is 0.332 e. The molecule has 0 bridgehead atoms. The van der Waals surface area contributed by atoms with E-state index in [9.17, 15) is 14.9 Å². The summed E-state index contributed by atoms with van der Waals surface area (Å²) in [6.45, 7) is 11.2. The largest absolute Gasteiger partial charge is 0.494 e. The highest BCUT2D eigenvalue weighted by atomic mass is 16.7. The van der Waals surface area contributed by atoms with E-state index in [1.165, 1.54) is 6.92 Å². The minimum Gasteiger partial charge on any atom is -0.494 e. The van der Waals surface area contributed by atoms with Gasteiger partial charge in [0.2, 0.25) is 0 Å². The summed E-state index contributed by atoms with van der Waals surface area (Å²) in [5.41, 5.74) is 3.66. The SMILES string of the molecule is CCCCC(CC)Cn1c2ccc(C(=NOC(C)=O)c3ccc(OCC)cc3OCC)cc2c2cc([N+](=O)[O-])ccc21. The second kappa shape index (κ2) is 14.0. The van der Waals surface area contributed by atoms with E-state index < -0.39 is 5.97 Å². The summed E-state index contributed by atoms with van der Waals surface area (Å²) in [4.78, 5) is 28.3. The molecule has 4 aromatic rings. The minimum absolute atomic E-state index is 0.0314. The van der Waals surface area contributed by atoms with Crippen molar-refractivity contribution in [2.24, 2.45) is 11.1 Å². The number of fused-ring (bicyclic) bond motifs is 3. The zero-order chi connectivity index (χ0) is 30.2. The number of carbonyl (C=O) groups is 1. The number of non-ortho nitro benzene ring substituents is 1. The molecule has 0 saturated heterocycles. The molecule has 222 valence electrons. The molecule has 0 spiro atoms. The predicted octanol–water partition coefficient (Wildman–Crippen LogP) is 8.03. The van der Waals surface area contributed by atoms with E-state index in [0.29, 0.717) is 47.5 Å². The van der Waals surface area contributed by atoms with Crippen LogP contribution in [0.1, 0.15) is 71.4 Å². The molecular formula is C33H39N3O6. The molecule has 0 aliphatic rings. The van der Waals surface area contributed by atoms with Gasteiger partial charge in [-0.1, -0.05) is 44.3 Å². The van der Waals surface area contributed by atoms with Crippen molar-refractivity contribution in [3.8, 4) is 11.5 Å². The monoisotopic (exact) mass is 573 g/mol. The van der Waals surface area contributed by atoms with Crippen molar-refractivity contribution in [3.63, 3.8) is 0 Å². The maximum atomic E-state index is 11.8. The number of aromatic nitrogens is 1. The molecule has 0 aliphatic heterocycles. The zero-order valence-corrected chi connectivity index (χ0v) is 25.0. The van der Waals surface area contributed by atoms with Crippen LogP contribution < -0.4 is 9.47 Å². The Morgan fingerprint density at radius 3 is 2.31 bits per heavy atom. The van der Waals surface area contributed by atoms with E-state index in [-0.39, 0.29) is 10.6 Å². The molecule has 0 aliphatic carbocycles. The number of rotatable bonds is 14. The van der Waals surface area contributed by atoms with Crippen LogP contribution in [0.3, 0.4) is 0 Å². The molecule has 3 aromatic carbocycles. The highest BCUT2D eigenvalue weighted by Crippen LogP contribution is 2.35. The van der Waals surface area contributed by atoms with E-state index in [1.807, 2.05) is 50.2 Å². The summed E-state index contributed by atoms with van der Waals surface area (Å²) in [5, 5.41) is 17.6. The first kappa shape index (κ1) is 30.6. The van der Waals surface area contributed by atoms with E-state index in [1.54, 1.807) is 18.2 Å². The lowest BCUT2D eigenvalue weighted by atomic mass is 9.98. The summed E-state index contributed by atoms with van der Waals surface area (Å²) in [5.74, 6) is 1.12. The van der Waals surface area contributed by atoms with Gasteiger partial charge in [0.25, 0.3) is 5.69 Å². The summed E-state index contributed by atoms with van der Waals surface area (Å²) in [7, 11) is 0. The molecule has 0 saturated carbocycles. The number of hydrogen-bond donors (Lipinski definition) is 0. The number of benzene rings is 3. The first-order chi connectivity index (χ1) is 20.3. The fraction of sp³-hybridized carbons (Fsp3) is 0.394. The number of oxime groups is 1. The first-order valence-electron chi connectivity index (χ1n) is 14.7. The Balaban J connectivity index is 1.94. The average Bonchev–Trinajstić information content (AvgIpc) is 3.28. The van der Waals surface area contributed by atoms with Gasteiger partial charge in [-0.3, -0.25) is 10.1 Å². The highest BCUT2D eigenvalue weighted by molar-refractivity contribution is 6.18. The van der Waals surface area contributed by atoms with E-state index in [2.05, 4.69) is 23.6 Å². The molecule has 9 nitrogen and oxygen atoms in total. The van der Waals surface area contributed by atoms with Gasteiger partial charge in [0.05, 0.1) is 18.1 Å². The van der Waals surface area contributed by atoms with Gasteiger partial charge in [0.15, 0.2) is 0 Å². The van der Waals surface area contributed by atoms with Crippen molar-refractivity contribution >= 4 is 39.2 Å². The lowest BCUT2D eigenvalue weighted by Crippen LogP contribution is -2.11. The molecule has 0 fully saturated rings. The van der Waals surface area contributed by atoms with Crippen LogP contribution in [0, 0.1) is 16.0 Å². The van der Waals surface area contributed by atoms with Gasteiger partial charge in [0, 0.05) is 64.6 Å². The van der Waals surface area contributed by atoms with Crippen LogP contribution in [0.25, 0.3) is 21.8 Å². The Bertz CT molecular complexity index is 1610. The van der Waals surface area contributed by atoms with Crippen LogP contribution in [0.2, 0.25) is 0 Å². The molecule has 4 rings (SSSR count). The Hall–Kier alpha value is -4.40. The molecule has 1 aromatic heterocycles. The number of ether oxygens (including phenoxy) is 2. The summed E-state index contributed by atoms with van der Waals surface area (Å²) >= 11 is 0. The van der Waals surface area contributed by atoms with Gasteiger partial charge in [-0.05, 0) is 56.5 Å². The standard InChI is InChI=1S/C33H39N3O6/c1-6-10-11-23(7-2)21-35-30-16-12-24(18-28(30)29-19-25(36(38)39)13-17-31(29)35)33(34-42-22(5)37)27-15-14-26(40-8-3)20-32(27)41-9-4/h12-20,23H,6-11,21H2,1-5H3. The first-order valence-corrected chi connectivity index (χ1v) is 14.7. The molecule has 1 unspecified atom stereocenters. The second-order valence-electron chi connectivity index (χ2n) is 10.3. The van der Waals surface area contributed by atoms with Crippen molar-refractivity contribution in [1.29, 1.82) is 0 Å². The van der Waals surface area contributed by atoms with E-state index >= 15 is 0 Å². The van der Waals surface area contributed by atoms with Crippen LogP contribution in [0.5, 0.6) is 11.5 Å². The Morgan fingerprint density at radius 2 is 1.67 bits per heavy atom. The molecule has 1 atom stereocenters. The van der Waals surface area contributed by atoms with Crippen LogP contribution >= 0.6 is 0 Å². The van der Waals surface area contributed by atoms with Crippen LogP contribution in [0.15, 0.2) is 59.8 Å². The summed E-state index contributed by atoms with van der Waals surface area (Å²) in [6.07, 6.45) is 4.46. The maximum absolute atomic E-state index is 11.8. The summed E-state index contributed by atoms with van der Waals surface area (Å²) < 4.78 is 13.9. The van der Waals surface area contributed by atoms with Gasteiger partial charge in [-0.25, -0.2) is 4.79 Å². The van der Waals surface area contributed by atoms with Crippen molar-refractivity contribution in [3.05, 3.63) is 75.8 Å². The zero-order valence-electron chi connectivity index (χ0n) is 25.0. The van der Waals surface area contributed by atoms with Crippen molar-refractivity contribution in [1.82, 2.24) is 4.57 Å². The van der Waals surface area contributed by atoms with Gasteiger partial charge < -0.3 is 18.9 Å². The number of nitrogens with zero attached hydrogens (tertiary/aromatic N) is 3. The molecule has 1 heterocycles. The number of unbranched alkanes of at least 4 members (excludes halogenated alkanes) is 1. The normalized spacial score (nSPS) is 12.5. The van der Waals surface area contributed by atoms with Crippen LogP contribution in [-0.2, 0) is 16.2 Å². The van der Waals surface area contributed by atoms with Gasteiger partial charge in [-0.2, -0.15) is 0 Å². The van der Waals surface area contributed by atoms with Crippen LogP contribution in [0.4, 0.5) is 5.69 Å². The Kier molecular flexibility index (Phi) is 10.2. The third-order valence-electron chi connectivity index (χ3n) is 7.40. The Labute approximate surface area is 246 Å². The Morgan fingerprint density at radius 1 is 0.952 bits per heavy atom. The number of hydrogen-bond acceptors (Lipinski definition) is 7. The van der Waals surface area contributed by atoms with E-state index in [0.717, 1.165) is 54.0 Å². The molecule has 0 amide bonds. The number of nitro groups is 1. The fourth-order valence-electron chi connectivity index (χ4n) is 5.32. The molecule has 0 N–H and O–H groups in total. The molecule has 42 heavy (non-hydrogen) atoms. The van der Waals surface area contributed by atoms with Gasteiger partial charge >= 0.3 is 5.97 Å². The average molecular weight is 574 g/mol. The van der Waals surface area contributed by atoms with Crippen LogP contribution in [-0.4, -0.2) is 34.4 Å². The van der Waals surface area contributed by atoms with Crippen molar-refractivity contribution < 1.29 is 24.0 Å². The number of nitro benzene ring substituents is 1. The molecule has 0 radical (unpaired) electrons. The third-order valence-corrected chi connectivity index (χ3v) is 7.40. The molecule has 9 heteroatoms. The smallest absolute Gasteiger partial charge is 0.332 e. The van der Waals surface area contributed by atoms with Crippen molar-refractivity contribution in [2.45, 2.75) is 66.8 Å². The fourth-order valence-corrected chi connectivity index (χ4v) is 5.32. The third kappa shape index (κ3) is 6.73. The van der Waals surface area contributed by atoms with Gasteiger partial charge in [-0.15, -0.1) is 0 Å². The topological polar surface area (TPSA) is 105 Å². The summed E-state index contributed by atoms with van der Waals surface area (Å²) in [6, 6.07) is 16.4. The molecular weight excluding hydrogens is 534 g/mol. The quantitative estimate of drug-likeness (QED) is 0.0654. The van der Waals surface area contributed by atoms with Crippen molar-refractivity contribution in [2.75, 3.05) is 13.2 Å². The number of carbonyl (C=O) groups excluding carboxylic acids is 1. The lowest BCUT2D eigenvalue weighted by molar-refractivity contribution is -0.384. The predicted molar refractivity (Wildman–Crippen MR) is 166 cm³/mol. The highest BCUT2D eigenvalue weighted by Gasteiger charge is 2.21. The van der Waals surface area contributed by atoms with E-state index in [4.69, 9.17) is 14.3 Å².